The largest absolute Gasteiger partial charge is 0.508 e. The summed E-state index contributed by atoms with van der Waals surface area (Å²) in [5.41, 5.74) is 18.5. The van der Waals surface area contributed by atoms with E-state index in [1.165, 1.54) is 55.3 Å². The van der Waals surface area contributed by atoms with Gasteiger partial charge >= 0.3 is 0 Å². The second-order valence-corrected chi connectivity index (χ2v) is 32.0. The molecule has 0 radical (unpaired) electrons. The number of nitrogens with zero attached hydrogens (tertiary/aromatic N) is 4. The molecule has 40 heteroatoms. The quantitative estimate of drug-likeness (QED) is 0.0253. The van der Waals surface area contributed by atoms with Crippen molar-refractivity contribution in [3.05, 3.63) is 65.9 Å². The summed E-state index contributed by atoms with van der Waals surface area (Å²) in [6.45, 7) is 14.8. The number of phenolic OH excluding ortho intramolecular Hbond substituents is 1. The molecule has 654 valence electrons. The van der Waals surface area contributed by atoms with Crippen LogP contribution in [0.15, 0.2) is 64.7 Å². The van der Waals surface area contributed by atoms with E-state index >= 15 is 9.59 Å². The van der Waals surface area contributed by atoms with E-state index in [-0.39, 0.29) is 88.0 Å². The van der Waals surface area contributed by atoms with Crippen LogP contribution < -0.4 is 86.3 Å². The Labute approximate surface area is 690 Å². The first-order valence-corrected chi connectivity index (χ1v) is 40.1. The van der Waals surface area contributed by atoms with Crippen LogP contribution in [-0.2, 0) is 89.6 Å². The number of aromatic nitrogens is 1. The zero-order chi connectivity index (χ0) is 88.2. The van der Waals surface area contributed by atoms with Crippen LogP contribution >= 0.6 is 0 Å². The zero-order valence-corrected chi connectivity index (χ0v) is 69.1. The van der Waals surface area contributed by atoms with Gasteiger partial charge in [0.25, 0.3) is 0 Å². The molecule has 3 aliphatic rings. The number of amides is 16. The average molecular weight is 1670 g/mol. The SMILES string of the molecule is CC(C)C[C@@H]1NC(=O)[C@H](Cc2ccc(O)cc2)N[C@H](CNC(=O)[C@H](C)NC(=O)[C@H](CO)NC(=O)[C@H](CC(N)=O)NC(=O)[C@H](CC(C)C)NC(=O)[C@@H](NC(=O)[C@H](Cc2c[nH]c3ccccc23)NC(=O)CN)[C@@H](C)O)CCN(CC(=O)N2CCC[C@H]2C(=O)N[C@@H](CC2C=NC=N2)C(=O)N[C@@H](C)C(=O)N[C@H](C(N)=O)C(C)C)C(=O)[C@H](CC(C)C)NC1=O. The summed E-state index contributed by atoms with van der Waals surface area (Å²) >= 11 is 0. The summed E-state index contributed by atoms with van der Waals surface area (Å²) in [5, 5.41) is 66.6. The van der Waals surface area contributed by atoms with Crippen LogP contribution in [0.25, 0.3) is 10.9 Å². The molecule has 0 spiro atoms. The number of nitrogens with two attached hydrogens (primary N) is 3. The van der Waals surface area contributed by atoms with Crippen molar-refractivity contribution < 1.29 is 92.0 Å². The molecule has 1 aromatic heterocycles. The number of phenols is 1. The van der Waals surface area contributed by atoms with Gasteiger partial charge in [-0.05, 0) is 119 Å². The first kappa shape index (κ1) is 96.3. The van der Waals surface area contributed by atoms with Gasteiger partial charge in [-0.1, -0.05) is 85.7 Å². The van der Waals surface area contributed by atoms with Gasteiger partial charge in [0.05, 0.1) is 44.3 Å². The lowest BCUT2D eigenvalue weighted by Gasteiger charge is -2.33. The first-order valence-electron chi connectivity index (χ1n) is 40.1. The van der Waals surface area contributed by atoms with E-state index in [9.17, 15) is 82.4 Å². The van der Waals surface area contributed by atoms with Crippen molar-refractivity contribution in [2.45, 2.75) is 237 Å². The molecular formula is C79H119N21O19. The topological polar surface area (TPSA) is 615 Å². The number of primary amides is 2. The van der Waals surface area contributed by atoms with Gasteiger partial charge in [-0.2, -0.15) is 0 Å². The zero-order valence-electron chi connectivity index (χ0n) is 69.1. The number of hydrogen-bond acceptors (Lipinski definition) is 23. The van der Waals surface area contributed by atoms with Gasteiger partial charge in [-0.25, -0.2) is 4.99 Å². The number of aromatic hydroxyl groups is 1. The van der Waals surface area contributed by atoms with Crippen molar-refractivity contribution >= 4 is 118 Å². The molecule has 1 unspecified atom stereocenters. The summed E-state index contributed by atoms with van der Waals surface area (Å²) in [4.78, 5) is 238. The predicted molar refractivity (Wildman–Crippen MR) is 435 cm³/mol. The van der Waals surface area contributed by atoms with E-state index in [2.05, 4.69) is 84.1 Å². The van der Waals surface area contributed by atoms with Crippen LogP contribution in [0, 0.1) is 23.7 Å². The molecule has 2 fully saturated rings. The molecule has 6 rings (SSSR count). The van der Waals surface area contributed by atoms with Crippen LogP contribution in [0.5, 0.6) is 5.75 Å². The number of carbonyl (C=O) groups is 16. The Kier molecular flexibility index (Phi) is 37.2. The van der Waals surface area contributed by atoms with Crippen LogP contribution in [0.3, 0.4) is 0 Å². The monoisotopic (exact) mass is 1670 g/mol. The number of benzene rings is 2. The smallest absolute Gasteiger partial charge is 0.245 e. The number of fused-ring (bicyclic) bond motifs is 1. The Hall–Kier alpha value is -11.5. The van der Waals surface area contributed by atoms with Gasteiger partial charge in [-0.3, -0.25) is 81.7 Å². The van der Waals surface area contributed by atoms with E-state index in [4.69, 9.17) is 17.2 Å². The lowest BCUT2D eigenvalue weighted by atomic mass is 9.99. The van der Waals surface area contributed by atoms with E-state index in [0.717, 1.165) is 10.9 Å². The number of aliphatic imine (C=N–C) groups is 2. The van der Waals surface area contributed by atoms with Crippen LogP contribution in [0.2, 0.25) is 0 Å². The Balaban J connectivity index is 1.22. The highest BCUT2D eigenvalue weighted by Crippen LogP contribution is 2.24. The number of para-hydroxylation sites is 1. The maximum atomic E-state index is 15.4. The van der Waals surface area contributed by atoms with Gasteiger partial charge in [0.1, 0.15) is 84.6 Å². The molecule has 23 N–H and O–H groups in total. The first-order chi connectivity index (χ1) is 56.2. The van der Waals surface area contributed by atoms with E-state index < -0.39 is 230 Å². The van der Waals surface area contributed by atoms with Crippen molar-refractivity contribution in [3.63, 3.8) is 0 Å². The minimum Gasteiger partial charge on any atom is -0.508 e. The molecule has 3 aromatic rings. The molecule has 16 amide bonds. The standard InChI is InChI=1S/C79H119N21O19/c1-39(2)25-53-72(112)95-59(27-41(5)6)79(119)99(36-64(106)100-23-14-17-61(100)77(117)93-57(30-49-34-83-38-86-49)70(110)88-44(10)69(109)97-65(42(7)8)67(82)107)24-22-48(89-55(73(113)91-53)28-46-18-20-50(103)21-19-46)35-85-68(108)43(9)87-76(116)60(37-101)96-74(114)58(31-62(81)104)92-71(111)54(26-40(3)4)94-78(118)66(45(11)102)98-75(115)56(90-63(105)32-80)29-47-33-84-52-16-13-12-15-51(47)52/h12-13,15-16,18-21,33-34,38-45,48-49,53-61,65-66,84,89,101-103H,14,17,22-32,35-37,80H2,1-11H3,(H2,81,104)(H2,82,107)(H,85,108)(H,87,116)(H,88,110)(H,90,105)(H,91,113)(H,92,111)(H,93,117)(H,94,118)(H,95,112)(H,96,114)(H,97,109)(H,98,115)/t43-,44-,45+,48-,49?,53-,54-,55-,56-,57-,58-,59-,60-,61-,65-,66-/m0/s1. The summed E-state index contributed by atoms with van der Waals surface area (Å²) in [6.07, 6.45) is 1.78. The Bertz CT molecular complexity index is 4140. The molecule has 40 nitrogen and oxygen atoms in total. The molecule has 2 aromatic carbocycles. The summed E-state index contributed by atoms with van der Waals surface area (Å²) in [7, 11) is 0. The molecule has 0 bridgehead atoms. The summed E-state index contributed by atoms with van der Waals surface area (Å²) < 4.78 is 0. The number of nitrogens with one attached hydrogen (secondary N) is 14. The third-order valence-electron chi connectivity index (χ3n) is 20.2. The van der Waals surface area contributed by atoms with E-state index in [1.807, 2.05) is 27.7 Å². The molecule has 3 aliphatic heterocycles. The lowest BCUT2D eigenvalue weighted by molar-refractivity contribution is -0.145. The predicted octanol–water partition coefficient (Wildman–Crippen LogP) is -4.94. The number of aliphatic hydroxyl groups excluding tert-OH is 2. The Morgan fingerprint density at radius 3 is 1.80 bits per heavy atom. The van der Waals surface area contributed by atoms with Crippen LogP contribution in [0.4, 0.5) is 0 Å². The highest BCUT2D eigenvalue weighted by atomic mass is 16.3. The number of carbonyl (C=O) groups excluding carboxylic acids is 16. The number of aliphatic hydroxyl groups is 2. The molecule has 4 heterocycles. The fourth-order valence-electron chi connectivity index (χ4n) is 13.9. The fraction of sp³-hybridized carbons (Fsp3) is 0.595. The second-order valence-electron chi connectivity index (χ2n) is 32.0. The number of aromatic amines is 1. The Morgan fingerprint density at radius 2 is 1.19 bits per heavy atom. The minimum absolute atomic E-state index is 0.0159. The van der Waals surface area contributed by atoms with Crippen molar-refractivity contribution in [1.29, 1.82) is 0 Å². The molecular weight excluding hydrogens is 1550 g/mol. The Morgan fingerprint density at radius 1 is 0.605 bits per heavy atom. The summed E-state index contributed by atoms with van der Waals surface area (Å²) in [6, 6.07) is -7.17. The van der Waals surface area contributed by atoms with Gasteiger partial charge in [0, 0.05) is 61.8 Å². The maximum Gasteiger partial charge on any atom is 0.245 e. The van der Waals surface area contributed by atoms with Crippen molar-refractivity contribution in [1.82, 2.24) is 83.9 Å². The average Bonchev–Trinajstić information content (AvgIpc) is 1.68. The highest BCUT2D eigenvalue weighted by molar-refractivity contribution is 6.01. The maximum absolute atomic E-state index is 15.4. The molecule has 0 saturated carbocycles. The second kappa shape index (κ2) is 46.0. The summed E-state index contributed by atoms with van der Waals surface area (Å²) in [5.74, 6) is -15.4. The van der Waals surface area contributed by atoms with Gasteiger partial charge in [-0.15, -0.1) is 0 Å². The van der Waals surface area contributed by atoms with Crippen molar-refractivity contribution in [3.8, 4) is 5.75 Å². The third-order valence-corrected chi connectivity index (χ3v) is 20.2. The van der Waals surface area contributed by atoms with Gasteiger partial charge in [0.15, 0.2) is 0 Å². The van der Waals surface area contributed by atoms with Gasteiger partial charge < -0.3 is 116 Å². The highest BCUT2D eigenvalue weighted by Gasteiger charge is 2.42. The van der Waals surface area contributed by atoms with Gasteiger partial charge in [0.2, 0.25) is 94.5 Å². The fourth-order valence-corrected chi connectivity index (χ4v) is 13.9. The number of hydrogen-bond donors (Lipinski definition) is 20. The number of likely N-dealkylation sites (tertiary alicyclic amines) is 1. The molecule has 16 atom stereocenters. The van der Waals surface area contributed by atoms with Crippen molar-refractivity contribution in [2.24, 2.45) is 50.9 Å². The minimum atomic E-state index is -1.89. The van der Waals surface area contributed by atoms with E-state index in [0.29, 0.717) is 17.5 Å². The number of rotatable bonds is 41. The van der Waals surface area contributed by atoms with E-state index in [1.54, 1.807) is 70.3 Å². The third kappa shape index (κ3) is 29.8. The number of H-pyrrole nitrogens is 1. The normalized spacial score (nSPS) is 20.3. The van der Waals surface area contributed by atoms with Crippen LogP contribution in [-0.4, -0.2) is 273 Å². The molecule has 119 heavy (non-hydrogen) atoms. The van der Waals surface area contributed by atoms with Crippen molar-refractivity contribution in [2.75, 3.05) is 39.3 Å². The molecule has 0 aliphatic carbocycles. The van der Waals surface area contributed by atoms with Crippen LogP contribution in [0.1, 0.15) is 139 Å². The lowest BCUT2D eigenvalue weighted by Crippen LogP contribution is -2.62. The molecule has 2 saturated heterocycles.